The second-order valence-electron chi connectivity index (χ2n) is 7.10. The number of nitrogens with one attached hydrogen (secondary N) is 1. The number of benzene rings is 2. The van der Waals surface area contributed by atoms with E-state index in [-0.39, 0.29) is 17.1 Å². The number of amides is 1. The number of rotatable bonds is 5. The first-order valence-corrected chi connectivity index (χ1v) is 9.53. The molecule has 0 unspecified atom stereocenters. The van der Waals surface area contributed by atoms with Gasteiger partial charge in [-0.05, 0) is 42.0 Å². The van der Waals surface area contributed by atoms with Crippen LogP contribution in [-0.2, 0) is 13.2 Å². The Morgan fingerprint density at radius 1 is 1.09 bits per heavy atom. The molecule has 0 aliphatic carbocycles. The van der Waals surface area contributed by atoms with Gasteiger partial charge >= 0.3 is 6.18 Å². The molecule has 0 radical (unpaired) electrons. The number of hydrogen-bond donors (Lipinski definition) is 1. The van der Waals surface area contributed by atoms with Gasteiger partial charge in [0.2, 0.25) is 0 Å². The van der Waals surface area contributed by atoms with Gasteiger partial charge in [-0.3, -0.25) is 4.79 Å². The summed E-state index contributed by atoms with van der Waals surface area (Å²) < 4.78 is 59.6. The minimum Gasteiger partial charge on any atom is -0.451 e. The third-order valence-electron chi connectivity index (χ3n) is 4.90. The van der Waals surface area contributed by atoms with Crippen LogP contribution in [0.3, 0.4) is 0 Å². The first kappa shape index (κ1) is 21.4. The Labute approximate surface area is 180 Å². The zero-order valence-corrected chi connectivity index (χ0v) is 16.7. The zero-order valence-electron chi connectivity index (χ0n) is 16.7. The van der Waals surface area contributed by atoms with Crippen molar-refractivity contribution in [3.05, 3.63) is 102 Å². The molecular formula is C23H17F4N3O2. The number of imidazole rings is 1. The van der Waals surface area contributed by atoms with Gasteiger partial charge in [0.15, 0.2) is 5.76 Å². The Hall–Kier alpha value is -3.88. The van der Waals surface area contributed by atoms with E-state index in [4.69, 9.17) is 4.42 Å². The van der Waals surface area contributed by atoms with Crippen LogP contribution in [0.5, 0.6) is 0 Å². The number of furan rings is 1. The molecule has 2 heterocycles. The van der Waals surface area contributed by atoms with Gasteiger partial charge in [-0.25, -0.2) is 9.37 Å². The van der Waals surface area contributed by atoms with Crippen LogP contribution >= 0.6 is 0 Å². The number of aryl methyl sites for hydroxylation is 1. The summed E-state index contributed by atoms with van der Waals surface area (Å²) in [5.74, 6) is -0.471. The molecule has 0 bridgehead atoms. The lowest BCUT2D eigenvalue weighted by molar-refractivity contribution is -0.137. The summed E-state index contributed by atoms with van der Waals surface area (Å²) in [4.78, 5) is 17.1. The van der Waals surface area contributed by atoms with Gasteiger partial charge in [0.1, 0.15) is 23.4 Å². The molecule has 0 saturated carbocycles. The average Bonchev–Trinajstić information content (AvgIpc) is 3.42. The van der Waals surface area contributed by atoms with E-state index in [0.717, 1.165) is 12.1 Å². The second-order valence-corrected chi connectivity index (χ2v) is 7.10. The van der Waals surface area contributed by atoms with Gasteiger partial charge in [-0.2, -0.15) is 13.2 Å². The molecule has 0 spiro atoms. The Kier molecular flexibility index (Phi) is 5.56. The first-order chi connectivity index (χ1) is 15.2. The van der Waals surface area contributed by atoms with Crippen molar-refractivity contribution < 1.29 is 26.8 Å². The third-order valence-corrected chi connectivity index (χ3v) is 4.90. The predicted octanol–water partition coefficient (Wildman–Crippen LogP) is 5.36. The van der Waals surface area contributed by atoms with Gasteiger partial charge in [-0.1, -0.05) is 24.3 Å². The van der Waals surface area contributed by atoms with Crippen LogP contribution in [0.25, 0.3) is 11.3 Å². The molecule has 0 aliphatic rings. The third kappa shape index (κ3) is 4.41. The van der Waals surface area contributed by atoms with Crippen molar-refractivity contribution in [2.24, 2.45) is 7.05 Å². The molecule has 9 heteroatoms. The fourth-order valence-electron chi connectivity index (χ4n) is 3.27. The van der Waals surface area contributed by atoms with Gasteiger partial charge in [0, 0.05) is 25.0 Å². The number of carbonyl (C=O) groups excluding carboxylic acids is 1. The van der Waals surface area contributed by atoms with E-state index in [9.17, 15) is 22.4 Å². The molecule has 4 rings (SSSR count). The molecule has 1 amide bonds. The van der Waals surface area contributed by atoms with Crippen LogP contribution in [0, 0.1) is 5.82 Å². The van der Waals surface area contributed by atoms with Crippen molar-refractivity contribution >= 4 is 5.91 Å². The molecule has 164 valence electrons. The van der Waals surface area contributed by atoms with E-state index in [0.29, 0.717) is 11.4 Å². The standard InChI is InChI=1S/C23H17F4N3O2/c1-30-12-11-28-21(30)20(14-5-7-17(24)8-6-14)29-22(31)19-10-9-18(32-19)15-3-2-4-16(13-15)23(25,26)27/h2-13,20H,1H3,(H,29,31)/t20-/m0/s1. The maximum atomic E-state index is 13.4. The van der Waals surface area contributed by atoms with Crippen LogP contribution in [-0.4, -0.2) is 15.5 Å². The van der Waals surface area contributed by atoms with Crippen LogP contribution in [0.4, 0.5) is 17.6 Å². The number of nitrogens with zero attached hydrogens (tertiary/aromatic N) is 2. The van der Waals surface area contributed by atoms with E-state index in [1.54, 1.807) is 24.0 Å². The molecule has 1 N–H and O–H groups in total. The van der Waals surface area contributed by atoms with Gasteiger partial charge < -0.3 is 14.3 Å². The highest BCUT2D eigenvalue weighted by molar-refractivity contribution is 5.92. The maximum absolute atomic E-state index is 13.4. The summed E-state index contributed by atoms with van der Waals surface area (Å²) in [6.45, 7) is 0. The van der Waals surface area contributed by atoms with Crippen molar-refractivity contribution in [3.8, 4) is 11.3 Å². The van der Waals surface area contributed by atoms with Crippen LogP contribution in [0.1, 0.15) is 33.5 Å². The Balaban J connectivity index is 1.61. The topological polar surface area (TPSA) is 60.1 Å². The van der Waals surface area contributed by atoms with Crippen molar-refractivity contribution in [3.63, 3.8) is 0 Å². The number of carbonyl (C=O) groups is 1. The fraction of sp³-hybridized carbons (Fsp3) is 0.130. The highest BCUT2D eigenvalue weighted by Crippen LogP contribution is 2.33. The Morgan fingerprint density at radius 2 is 1.84 bits per heavy atom. The van der Waals surface area contributed by atoms with E-state index in [1.165, 1.54) is 48.5 Å². The van der Waals surface area contributed by atoms with E-state index in [1.807, 2.05) is 0 Å². The quantitative estimate of drug-likeness (QED) is 0.423. The molecule has 32 heavy (non-hydrogen) atoms. The maximum Gasteiger partial charge on any atom is 0.416 e. The predicted molar refractivity (Wildman–Crippen MR) is 108 cm³/mol. The zero-order chi connectivity index (χ0) is 22.9. The van der Waals surface area contributed by atoms with Crippen LogP contribution in [0.2, 0.25) is 0 Å². The summed E-state index contributed by atoms with van der Waals surface area (Å²) >= 11 is 0. The highest BCUT2D eigenvalue weighted by atomic mass is 19.4. The fourth-order valence-corrected chi connectivity index (χ4v) is 3.27. The monoisotopic (exact) mass is 443 g/mol. The normalized spacial score (nSPS) is 12.5. The molecule has 2 aromatic carbocycles. The average molecular weight is 443 g/mol. The molecule has 0 fully saturated rings. The van der Waals surface area contributed by atoms with Crippen molar-refractivity contribution in [2.75, 3.05) is 0 Å². The Bertz CT molecular complexity index is 1240. The highest BCUT2D eigenvalue weighted by Gasteiger charge is 2.31. The smallest absolute Gasteiger partial charge is 0.416 e. The largest absolute Gasteiger partial charge is 0.451 e. The molecule has 5 nitrogen and oxygen atoms in total. The molecular weight excluding hydrogens is 426 g/mol. The lowest BCUT2D eigenvalue weighted by atomic mass is 10.1. The molecule has 0 aliphatic heterocycles. The van der Waals surface area contributed by atoms with Crippen molar-refractivity contribution in [1.29, 1.82) is 0 Å². The number of alkyl halides is 3. The summed E-state index contributed by atoms with van der Waals surface area (Å²) in [5, 5.41) is 2.79. The van der Waals surface area contributed by atoms with Gasteiger partial charge in [0.05, 0.1) is 5.56 Å². The lowest BCUT2D eigenvalue weighted by Crippen LogP contribution is -2.30. The van der Waals surface area contributed by atoms with Crippen molar-refractivity contribution in [1.82, 2.24) is 14.9 Å². The summed E-state index contributed by atoms with van der Waals surface area (Å²) in [5.41, 5.74) is -0.0275. The van der Waals surface area contributed by atoms with Gasteiger partial charge in [0.25, 0.3) is 5.91 Å². The van der Waals surface area contributed by atoms with Gasteiger partial charge in [-0.15, -0.1) is 0 Å². The van der Waals surface area contributed by atoms with E-state index < -0.39 is 29.5 Å². The van der Waals surface area contributed by atoms with E-state index in [2.05, 4.69) is 10.3 Å². The number of hydrogen-bond acceptors (Lipinski definition) is 3. The number of halogens is 4. The van der Waals surface area contributed by atoms with Crippen LogP contribution < -0.4 is 5.32 Å². The minimum atomic E-state index is -4.49. The molecule has 1 atom stereocenters. The van der Waals surface area contributed by atoms with Crippen LogP contribution in [0.15, 0.2) is 77.5 Å². The summed E-state index contributed by atoms with van der Waals surface area (Å²) in [6, 6.07) is 12.4. The van der Waals surface area contributed by atoms with Crippen molar-refractivity contribution in [2.45, 2.75) is 12.2 Å². The Morgan fingerprint density at radius 3 is 2.50 bits per heavy atom. The molecule has 0 saturated heterocycles. The lowest BCUT2D eigenvalue weighted by Gasteiger charge is -2.18. The number of aromatic nitrogens is 2. The molecule has 2 aromatic heterocycles. The summed E-state index contributed by atoms with van der Waals surface area (Å²) in [6.07, 6.45) is -1.22. The first-order valence-electron chi connectivity index (χ1n) is 9.53. The van der Waals surface area contributed by atoms with E-state index >= 15 is 0 Å². The second kappa shape index (κ2) is 8.33. The minimum absolute atomic E-state index is 0.0845. The summed E-state index contributed by atoms with van der Waals surface area (Å²) in [7, 11) is 1.75. The SMILES string of the molecule is Cn1ccnc1[C@@H](NC(=O)c1ccc(-c2cccc(C(F)(F)F)c2)o1)c1ccc(F)cc1. The molecule has 4 aromatic rings.